The molecule has 0 amide bonds. The molecule has 0 bridgehead atoms. The summed E-state index contributed by atoms with van der Waals surface area (Å²) in [6, 6.07) is 6.51. The second-order valence-corrected chi connectivity index (χ2v) is 4.41. The summed E-state index contributed by atoms with van der Waals surface area (Å²) in [5, 5.41) is 1.35. The molecule has 0 aliphatic rings. The van der Waals surface area contributed by atoms with Gasteiger partial charge < -0.3 is 4.98 Å². The van der Waals surface area contributed by atoms with Crippen molar-refractivity contribution in [2.45, 2.75) is 0 Å². The van der Waals surface area contributed by atoms with E-state index in [-0.39, 0.29) is 5.56 Å². The van der Waals surface area contributed by atoms with E-state index < -0.39 is 0 Å². The number of benzene rings is 1. The number of halogens is 3. The minimum atomic E-state index is -0.217. The normalized spacial score (nSPS) is 10.4. The summed E-state index contributed by atoms with van der Waals surface area (Å²) in [7, 11) is 0. The molecule has 0 spiro atoms. The molecule has 0 aliphatic carbocycles. The summed E-state index contributed by atoms with van der Waals surface area (Å²) in [6.45, 7) is 0. The van der Waals surface area contributed by atoms with Crippen molar-refractivity contribution in [3.63, 3.8) is 0 Å². The van der Waals surface area contributed by atoms with E-state index in [1.54, 1.807) is 18.2 Å². The number of hydrogen-bond acceptors (Lipinski definition) is 1. The van der Waals surface area contributed by atoms with E-state index in [2.05, 4.69) is 4.98 Å². The SMILES string of the molecule is O=c1cc(-c2ccc(Cl)c(Cl)c2)c(Cl)c[nH]1. The number of nitrogens with one attached hydrogen (secondary N) is 1. The highest BCUT2D eigenvalue weighted by atomic mass is 35.5. The van der Waals surface area contributed by atoms with Gasteiger partial charge in [0.1, 0.15) is 0 Å². The van der Waals surface area contributed by atoms with Crippen molar-refractivity contribution in [2.24, 2.45) is 0 Å². The first-order valence-electron chi connectivity index (χ1n) is 4.41. The van der Waals surface area contributed by atoms with Crippen molar-refractivity contribution in [1.82, 2.24) is 4.98 Å². The van der Waals surface area contributed by atoms with Crippen LogP contribution in [0.4, 0.5) is 0 Å². The summed E-state index contributed by atoms with van der Waals surface area (Å²) >= 11 is 17.7. The molecule has 0 saturated heterocycles. The van der Waals surface area contributed by atoms with Crippen molar-refractivity contribution in [2.75, 3.05) is 0 Å². The Balaban J connectivity index is 2.62. The molecule has 0 fully saturated rings. The van der Waals surface area contributed by atoms with Crippen LogP contribution in [-0.4, -0.2) is 4.98 Å². The van der Waals surface area contributed by atoms with Crippen LogP contribution < -0.4 is 5.56 Å². The second kappa shape index (κ2) is 4.50. The third-order valence-corrected chi connectivity index (χ3v) is 3.16. The first-order chi connectivity index (χ1) is 7.58. The van der Waals surface area contributed by atoms with Crippen LogP contribution in [0.1, 0.15) is 0 Å². The van der Waals surface area contributed by atoms with Gasteiger partial charge in [0.25, 0.3) is 0 Å². The monoisotopic (exact) mass is 273 g/mol. The Morgan fingerprint density at radius 2 is 1.69 bits per heavy atom. The fourth-order valence-electron chi connectivity index (χ4n) is 1.34. The van der Waals surface area contributed by atoms with Gasteiger partial charge in [0, 0.05) is 17.8 Å². The summed E-state index contributed by atoms with van der Waals surface area (Å²) in [6.07, 6.45) is 1.45. The minimum Gasteiger partial charge on any atom is -0.328 e. The van der Waals surface area contributed by atoms with Crippen LogP contribution in [0.25, 0.3) is 11.1 Å². The van der Waals surface area contributed by atoms with Crippen LogP contribution in [-0.2, 0) is 0 Å². The van der Waals surface area contributed by atoms with Crippen molar-refractivity contribution in [1.29, 1.82) is 0 Å². The fraction of sp³-hybridized carbons (Fsp3) is 0. The molecule has 82 valence electrons. The molecule has 2 rings (SSSR count). The first kappa shape index (κ1) is 11.5. The highest BCUT2D eigenvalue weighted by Crippen LogP contribution is 2.31. The summed E-state index contributed by atoms with van der Waals surface area (Å²) in [5.41, 5.74) is 1.17. The molecule has 0 atom stereocenters. The molecule has 16 heavy (non-hydrogen) atoms. The van der Waals surface area contributed by atoms with Gasteiger partial charge in [-0.2, -0.15) is 0 Å². The van der Waals surface area contributed by atoms with Gasteiger partial charge in [0.05, 0.1) is 15.1 Å². The smallest absolute Gasteiger partial charge is 0.248 e. The topological polar surface area (TPSA) is 32.9 Å². The number of aromatic nitrogens is 1. The van der Waals surface area contributed by atoms with E-state index in [0.717, 1.165) is 5.56 Å². The molecule has 1 aromatic carbocycles. The molecular weight excluding hydrogens is 268 g/mol. The number of aromatic amines is 1. The molecule has 0 aliphatic heterocycles. The molecule has 0 radical (unpaired) electrons. The number of H-pyrrole nitrogens is 1. The Kier molecular flexibility index (Phi) is 3.24. The lowest BCUT2D eigenvalue weighted by molar-refractivity contribution is 1.24. The van der Waals surface area contributed by atoms with Gasteiger partial charge in [0.15, 0.2) is 0 Å². The molecule has 0 saturated carbocycles. The third kappa shape index (κ3) is 2.24. The van der Waals surface area contributed by atoms with E-state index >= 15 is 0 Å². The number of rotatable bonds is 1. The van der Waals surface area contributed by atoms with E-state index in [0.29, 0.717) is 20.6 Å². The van der Waals surface area contributed by atoms with Crippen molar-refractivity contribution >= 4 is 34.8 Å². The first-order valence-corrected chi connectivity index (χ1v) is 5.55. The van der Waals surface area contributed by atoms with Crippen LogP contribution >= 0.6 is 34.8 Å². The zero-order chi connectivity index (χ0) is 11.7. The van der Waals surface area contributed by atoms with E-state index in [4.69, 9.17) is 34.8 Å². The van der Waals surface area contributed by atoms with Gasteiger partial charge in [-0.05, 0) is 17.7 Å². The molecule has 1 aromatic heterocycles. The lowest BCUT2D eigenvalue weighted by atomic mass is 10.1. The molecule has 1 heterocycles. The quantitative estimate of drug-likeness (QED) is 0.837. The fourth-order valence-corrected chi connectivity index (χ4v) is 1.86. The molecular formula is C11H6Cl3NO. The predicted molar refractivity (Wildman–Crippen MR) is 67.5 cm³/mol. The van der Waals surface area contributed by atoms with Crippen LogP contribution in [0, 0.1) is 0 Å². The summed E-state index contributed by atoms with van der Waals surface area (Å²) < 4.78 is 0. The maximum Gasteiger partial charge on any atom is 0.248 e. The van der Waals surface area contributed by atoms with Crippen LogP contribution in [0.15, 0.2) is 35.3 Å². The lowest BCUT2D eigenvalue weighted by Crippen LogP contribution is -2.03. The average molecular weight is 275 g/mol. The van der Waals surface area contributed by atoms with Gasteiger partial charge in [0.2, 0.25) is 5.56 Å². The van der Waals surface area contributed by atoms with Gasteiger partial charge in [-0.15, -0.1) is 0 Å². The maximum absolute atomic E-state index is 11.2. The summed E-state index contributed by atoms with van der Waals surface area (Å²) in [5.74, 6) is 0. The van der Waals surface area contributed by atoms with Crippen LogP contribution in [0.5, 0.6) is 0 Å². The highest BCUT2D eigenvalue weighted by molar-refractivity contribution is 6.42. The molecule has 2 nitrogen and oxygen atoms in total. The van der Waals surface area contributed by atoms with Gasteiger partial charge in [-0.1, -0.05) is 40.9 Å². The van der Waals surface area contributed by atoms with E-state index in [9.17, 15) is 4.79 Å². The van der Waals surface area contributed by atoms with E-state index in [1.807, 2.05) is 0 Å². The van der Waals surface area contributed by atoms with Crippen molar-refractivity contribution < 1.29 is 0 Å². The van der Waals surface area contributed by atoms with Gasteiger partial charge in [-0.25, -0.2) is 0 Å². The predicted octanol–water partition coefficient (Wildman–Crippen LogP) is 4.00. The Morgan fingerprint density at radius 3 is 2.38 bits per heavy atom. The Bertz CT molecular complexity index is 592. The van der Waals surface area contributed by atoms with Crippen molar-refractivity contribution in [3.8, 4) is 11.1 Å². The highest BCUT2D eigenvalue weighted by Gasteiger charge is 2.06. The summed E-state index contributed by atoms with van der Waals surface area (Å²) in [4.78, 5) is 13.7. The molecule has 0 unspecified atom stereocenters. The van der Waals surface area contributed by atoms with E-state index in [1.165, 1.54) is 12.3 Å². The number of hydrogen-bond donors (Lipinski definition) is 1. The second-order valence-electron chi connectivity index (χ2n) is 3.19. The average Bonchev–Trinajstić information content (AvgIpc) is 2.26. The maximum atomic E-state index is 11.2. The van der Waals surface area contributed by atoms with Crippen LogP contribution in [0.2, 0.25) is 15.1 Å². The third-order valence-electron chi connectivity index (χ3n) is 2.10. The molecule has 5 heteroatoms. The largest absolute Gasteiger partial charge is 0.328 e. The van der Waals surface area contributed by atoms with Crippen LogP contribution in [0.3, 0.4) is 0 Å². The number of pyridine rings is 1. The van der Waals surface area contributed by atoms with Gasteiger partial charge in [-0.3, -0.25) is 4.79 Å². The Hall–Kier alpha value is -0.960. The minimum absolute atomic E-state index is 0.217. The zero-order valence-electron chi connectivity index (χ0n) is 7.93. The van der Waals surface area contributed by atoms with Gasteiger partial charge >= 0.3 is 0 Å². The Morgan fingerprint density at radius 1 is 0.938 bits per heavy atom. The Labute approximate surface area is 107 Å². The van der Waals surface area contributed by atoms with Crippen molar-refractivity contribution in [3.05, 3.63) is 55.9 Å². The molecule has 2 aromatic rings. The lowest BCUT2D eigenvalue weighted by Gasteiger charge is -2.04. The molecule has 1 N–H and O–H groups in total. The standard InChI is InChI=1S/C11H6Cl3NO/c12-8-2-1-6(3-9(8)13)7-4-11(16)15-5-10(7)14/h1-5H,(H,15,16). The zero-order valence-corrected chi connectivity index (χ0v) is 10.2.